The summed E-state index contributed by atoms with van der Waals surface area (Å²) in [5, 5.41) is 4.23. The third kappa shape index (κ3) is 4.13. The number of hydrogen-bond acceptors (Lipinski definition) is 4. The smallest absolute Gasteiger partial charge is 0.274 e. The van der Waals surface area contributed by atoms with Gasteiger partial charge in [0.15, 0.2) is 0 Å². The summed E-state index contributed by atoms with van der Waals surface area (Å²) in [5.74, 6) is -0.829. The summed E-state index contributed by atoms with van der Waals surface area (Å²) in [7, 11) is 12.9. The number of rotatable bonds is 5. The average molecular weight is 429 g/mol. The van der Waals surface area contributed by atoms with Crippen molar-refractivity contribution in [2.75, 3.05) is 7.11 Å². The molecule has 0 fully saturated rings. The monoisotopic (exact) mass is 429 g/mol. The fraction of sp³-hybridized carbons (Fsp3) is 0.136. The van der Waals surface area contributed by atoms with Crippen molar-refractivity contribution in [2.24, 2.45) is 0 Å². The van der Waals surface area contributed by atoms with Crippen molar-refractivity contribution < 1.29 is 9.13 Å². The van der Waals surface area contributed by atoms with Gasteiger partial charge in [-0.3, -0.25) is 4.79 Å². The van der Waals surface area contributed by atoms with Crippen molar-refractivity contribution in [3.05, 3.63) is 93.2 Å². The van der Waals surface area contributed by atoms with Crippen LogP contribution < -0.4 is 5.56 Å². The summed E-state index contributed by atoms with van der Waals surface area (Å²) in [6.45, 7) is 0.194. The van der Waals surface area contributed by atoms with E-state index in [0.29, 0.717) is 15.8 Å². The molecule has 0 bridgehead atoms. The zero-order valence-corrected chi connectivity index (χ0v) is 17.3. The summed E-state index contributed by atoms with van der Waals surface area (Å²) >= 11 is 5.94. The summed E-state index contributed by atoms with van der Waals surface area (Å²) in [6.07, 6.45) is 0. The van der Waals surface area contributed by atoms with E-state index in [1.165, 1.54) is 23.9 Å². The van der Waals surface area contributed by atoms with E-state index in [4.69, 9.17) is 32.0 Å². The molecule has 0 aliphatic heterocycles. The van der Waals surface area contributed by atoms with Gasteiger partial charge in [0.1, 0.15) is 21.4 Å². The Kier molecular flexibility index (Phi) is 5.69. The maximum absolute atomic E-state index is 15.0. The third-order valence-corrected chi connectivity index (χ3v) is 5.21. The number of halogens is 2. The minimum atomic E-state index is -1.73. The van der Waals surface area contributed by atoms with Crippen LogP contribution in [0.3, 0.4) is 0 Å². The second kappa shape index (κ2) is 8.29. The minimum absolute atomic E-state index is 0.0232. The summed E-state index contributed by atoms with van der Waals surface area (Å²) in [6, 6.07) is 16.9. The second-order valence-corrected chi connectivity index (χ2v) is 7.45. The van der Waals surface area contributed by atoms with Crippen LogP contribution in [0.25, 0.3) is 22.0 Å². The first-order valence-electron chi connectivity index (χ1n) is 9.35. The van der Waals surface area contributed by atoms with Gasteiger partial charge in [0.05, 0.1) is 23.2 Å². The zero-order valence-electron chi connectivity index (χ0n) is 16.5. The molecule has 0 aliphatic carbocycles. The van der Waals surface area contributed by atoms with Gasteiger partial charge in [-0.2, -0.15) is 9.49 Å². The van der Waals surface area contributed by atoms with Crippen molar-refractivity contribution in [2.45, 2.75) is 11.9 Å². The number of aromatic nitrogens is 3. The second-order valence-electron chi connectivity index (χ2n) is 7.02. The Bertz CT molecular complexity index is 1330. The number of methoxy groups -OCH3 is 1. The van der Waals surface area contributed by atoms with E-state index >= 15 is 4.39 Å². The maximum Gasteiger partial charge on any atom is 0.274 e. The Hall–Kier alpha value is -2.96. The van der Waals surface area contributed by atoms with Gasteiger partial charge >= 0.3 is 0 Å². The van der Waals surface area contributed by atoms with Gasteiger partial charge in [0, 0.05) is 22.9 Å². The Labute approximate surface area is 185 Å². The lowest BCUT2D eigenvalue weighted by atomic mass is 9.63. The number of ether oxygens (including phenoxy) is 1. The molecule has 0 saturated carbocycles. The van der Waals surface area contributed by atoms with Crippen LogP contribution in [0.15, 0.2) is 65.5 Å². The van der Waals surface area contributed by atoms with Gasteiger partial charge in [0.25, 0.3) is 5.56 Å². The van der Waals surface area contributed by atoms with Crippen LogP contribution >= 0.6 is 11.6 Å². The van der Waals surface area contributed by atoms with E-state index in [1.54, 1.807) is 48.5 Å². The Morgan fingerprint density at radius 3 is 2.39 bits per heavy atom. The van der Waals surface area contributed by atoms with E-state index in [0.717, 1.165) is 5.56 Å². The quantitative estimate of drug-likeness (QED) is 0.361. The molecule has 4 aromatic rings. The normalized spacial score (nSPS) is 11.7. The first-order valence-corrected chi connectivity index (χ1v) is 9.72. The lowest BCUT2D eigenvalue weighted by Gasteiger charge is -2.23. The summed E-state index contributed by atoms with van der Waals surface area (Å²) in [5.41, 5.74) is 0.941. The van der Waals surface area contributed by atoms with Gasteiger partial charge < -0.3 is 4.74 Å². The van der Waals surface area contributed by atoms with Crippen LogP contribution in [0.4, 0.5) is 4.39 Å². The molecule has 9 heteroatoms. The molecule has 5 nitrogen and oxygen atoms in total. The molecule has 0 N–H and O–H groups in total. The SMILES string of the molecule is [B]C([B])(OC)c1ccc(-c2nn(Cc3ccc(Cl)cc3)c(=O)c3ccccc23)c(F)n1. The highest BCUT2D eigenvalue weighted by molar-refractivity contribution is 6.38. The fourth-order valence-corrected chi connectivity index (χ4v) is 3.36. The van der Waals surface area contributed by atoms with Crippen LogP contribution in [0.1, 0.15) is 11.3 Å². The third-order valence-electron chi connectivity index (χ3n) is 4.96. The van der Waals surface area contributed by atoms with Gasteiger partial charge in [-0.15, -0.1) is 0 Å². The van der Waals surface area contributed by atoms with E-state index in [2.05, 4.69) is 10.1 Å². The number of benzene rings is 2. The van der Waals surface area contributed by atoms with Crippen molar-refractivity contribution in [3.8, 4) is 11.3 Å². The Morgan fingerprint density at radius 1 is 1.06 bits per heavy atom. The molecule has 150 valence electrons. The van der Waals surface area contributed by atoms with E-state index in [-0.39, 0.29) is 29.1 Å². The predicted molar refractivity (Wildman–Crippen MR) is 120 cm³/mol. The molecule has 4 rings (SSSR count). The molecular formula is C22H15B2ClFN3O2. The van der Waals surface area contributed by atoms with E-state index in [9.17, 15) is 4.79 Å². The molecule has 4 radical (unpaired) electrons. The van der Waals surface area contributed by atoms with Gasteiger partial charge in [-0.05, 0) is 35.9 Å². The number of pyridine rings is 1. The molecule has 0 spiro atoms. The Morgan fingerprint density at radius 2 is 1.74 bits per heavy atom. The highest BCUT2D eigenvalue weighted by Gasteiger charge is 2.23. The van der Waals surface area contributed by atoms with Crippen molar-refractivity contribution in [3.63, 3.8) is 0 Å². The summed E-state index contributed by atoms with van der Waals surface area (Å²) in [4.78, 5) is 16.9. The molecule has 2 heterocycles. The van der Waals surface area contributed by atoms with Crippen molar-refractivity contribution >= 4 is 38.1 Å². The van der Waals surface area contributed by atoms with Crippen LogP contribution in [0.2, 0.25) is 5.02 Å². The predicted octanol–water partition coefficient (Wildman–Crippen LogP) is 3.39. The molecule has 0 unspecified atom stereocenters. The topological polar surface area (TPSA) is 57.0 Å². The highest BCUT2D eigenvalue weighted by Crippen LogP contribution is 2.28. The lowest BCUT2D eigenvalue weighted by molar-refractivity contribution is 0.128. The van der Waals surface area contributed by atoms with Crippen LogP contribution in [-0.4, -0.2) is 37.6 Å². The standard InChI is InChI=1S/C22H15B2ClFN3O2/c1-31-22(23,24)18-11-10-17(20(26)27-18)19-15-4-2-3-5-16(15)21(30)29(28-19)12-13-6-8-14(25)9-7-13/h2-11H,12H2,1H3. The molecular weight excluding hydrogens is 414 g/mol. The maximum atomic E-state index is 15.0. The molecule has 0 saturated heterocycles. The van der Waals surface area contributed by atoms with Crippen LogP contribution in [0.5, 0.6) is 0 Å². The Balaban J connectivity index is 1.89. The minimum Gasteiger partial charge on any atom is -0.391 e. The zero-order chi connectivity index (χ0) is 22.2. The lowest BCUT2D eigenvalue weighted by Crippen LogP contribution is -2.30. The van der Waals surface area contributed by atoms with Crippen molar-refractivity contribution in [1.29, 1.82) is 0 Å². The van der Waals surface area contributed by atoms with E-state index < -0.39 is 11.3 Å². The fourth-order valence-electron chi connectivity index (χ4n) is 3.24. The number of hydrogen-bond donors (Lipinski definition) is 0. The van der Waals surface area contributed by atoms with Crippen LogP contribution in [-0.2, 0) is 16.7 Å². The van der Waals surface area contributed by atoms with Gasteiger partial charge in [-0.25, -0.2) is 9.67 Å². The highest BCUT2D eigenvalue weighted by atomic mass is 35.5. The molecule has 2 aromatic heterocycles. The van der Waals surface area contributed by atoms with Crippen LogP contribution in [0, 0.1) is 5.95 Å². The van der Waals surface area contributed by atoms with Crippen molar-refractivity contribution in [1.82, 2.24) is 14.8 Å². The largest absolute Gasteiger partial charge is 0.391 e. The van der Waals surface area contributed by atoms with Gasteiger partial charge in [-0.1, -0.05) is 41.9 Å². The molecule has 2 aromatic carbocycles. The number of fused-ring (bicyclic) bond motifs is 1. The summed E-state index contributed by atoms with van der Waals surface area (Å²) < 4.78 is 21.3. The molecule has 31 heavy (non-hydrogen) atoms. The van der Waals surface area contributed by atoms with E-state index in [1.807, 2.05) is 0 Å². The first-order chi connectivity index (χ1) is 14.8. The average Bonchev–Trinajstić information content (AvgIpc) is 2.77. The van der Waals surface area contributed by atoms with Gasteiger partial charge in [0.2, 0.25) is 5.95 Å². The molecule has 0 aliphatic rings. The number of nitrogens with zero attached hydrogens (tertiary/aromatic N) is 3. The molecule has 0 atom stereocenters. The first kappa shape index (κ1) is 21.3. The molecule has 0 amide bonds.